The van der Waals surface area contributed by atoms with Gasteiger partial charge in [-0.15, -0.1) is 11.3 Å². The van der Waals surface area contributed by atoms with Gasteiger partial charge < -0.3 is 11.1 Å². The molecule has 0 aliphatic heterocycles. The molecule has 0 radical (unpaired) electrons. The zero-order chi connectivity index (χ0) is 17.1. The Labute approximate surface area is 151 Å². The number of hydrogen-bond acceptors (Lipinski definition) is 3. The number of carbonyl (C=O) groups excluding carboxylic acids is 2. The third kappa shape index (κ3) is 3.55. The van der Waals surface area contributed by atoms with Crippen molar-refractivity contribution >= 4 is 44.1 Å². The Balaban J connectivity index is 1.92. The number of benzene rings is 2. The van der Waals surface area contributed by atoms with Crippen molar-refractivity contribution in [2.45, 2.75) is 0 Å². The second kappa shape index (κ2) is 6.98. The number of amides is 2. The predicted octanol–water partition coefficient (Wildman–Crippen LogP) is 4.53. The van der Waals surface area contributed by atoms with Gasteiger partial charge in [0, 0.05) is 14.9 Å². The maximum atomic E-state index is 12.4. The molecule has 1 aromatic heterocycles. The summed E-state index contributed by atoms with van der Waals surface area (Å²) in [4.78, 5) is 24.9. The summed E-state index contributed by atoms with van der Waals surface area (Å²) >= 11 is 4.66. The van der Waals surface area contributed by atoms with E-state index in [1.165, 1.54) is 11.3 Å². The maximum Gasteiger partial charge on any atom is 0.256 e. The minimum absolute atomic E-state index is 0.286. The maximum absolute atomic E-state index is 12.4. The third-order valence-corrected chi connectivity index (χ3v) is 5.02. The van der Waals surface area contributed by atoms with Crippen LogP contribution >= 0.6 is 27.3 Å². The van der Waals surface area contributed by atoms with Crippen molar-refractivity contribution in [3.05, 3.63) is 76.3 Å². The molecule has 0 aliphatic rings. The highest BCUT2D eigenvalue weighted by atomic mass is 79.9. The summed E-state index contributed by atoms with van der Waals surface area (Å²) in [7, 11) is 0. The van der Waals surface area contributed by atoms with Gasteiger partial charge in [-0.2, -0.15) is 0 Å². The van der Waals surface area contributed by atoms with E-state index in [4.69, 9.17) is 5.73 Å². The van der Waals surface area contributed by atoms with Gasteiger partial charge in [-0.25, -0.2) is 0 Å². The van der Waals surface area contributed by atoms with Gasteiger partial charge in [0.25, 0.3) is 11.8 Å². The summed E-state index contributed by atoms with van der Waals surface area (Å²) in [5.41, 5.74) is 7.23. The topological polar surface area (TPSA) is 72.2 Å². The average Bonchev–Trinajstić information content (AvgIpc) is 3.00. The van der Waals surface area contributed by atoms with Crippen LogP contribution in [0, 0.1) is 0 Å². The molecule has 0 saturated carbocycles. The van der Waals surface area contributed by atoms with E-state index in [9.17, 15) is 9.59 Å². The van der Waals surface area contributed by atoms with E-state index >= 15 is 0 Å². The second-order valence-electron chi connectivity index (χ2n) is 5.04. The Morgan fingerprint density at radius 3 is 2.29 bits per heavy atom. The Bertz CT molecular complexity index is 889. The minimum atomic E-state index is -0.570. The molecule has 0 bridgehead atoms. The highest BCUT2D eigenvalue weighted by molar-refractivity contribution is 9.10. The van der Waals surface area contributed by atoms with Crippen LogP contribution in [0.2, 0.25) is 0 Å². The van der Waals surface area contributed by atoms with Gasteiger partial charge in [0.2, 0.25) is 0 Å². The van der Waals surface area contributed by atoms with Crippen molar-refractivity contribution in [3.8, 4) is 10.4 Å². The molecule has 120 valence electrons. The molecule has 2 aromatic carbocycles. The van der Waals surface area contributed by atoms with Crippen molar-refractivity contribution in [1.29, 1.82) is 0 Å². The number of nitrogens with two attached hydrogens (primary N) is 1. The molecule has 0 aliphatic carbocycles. The number of anilines is 1. The highest BCUT2D eigenvalue weighted by Crippen LogP contribution is 2.35. The first-order valence-electron chi connectivity index (χ1n) is 7.10. The molecule has 24 heavy (non-hydrogen) atoms. The van der Waals surface area contributed by atoms with Crippen LogP contribution in [-0.4, -0.2) is 11.8 Å². The summed E-state index contributed by atoms with van der Waals surface area (Å²) < 4.78 is 0.888. The van der Waals surface area contributed by atoms with Crippen molar-refractivity contribution in [3.63, 3.8) is 0 Å². The van der Waals surface area contributed by atoms with E-state index in [1.54, 1.807) is 30.3 Å². The molecule has 0 atom stereocenters. The van der Waals surface area contributed by atoms with Crippen molar-refractivity contribution in [2.24, 2.45) is 5.73 Å². The van der Waals surface area contributed by atoms with Crippen molar-refractivity contribution in [1.82, 2.24) is 0 Å². The predicted molar refractivity (Wildman–Crippen MR) is 100 cm³/mol. The molecule has 3 N–H and O–H groups in total. The Hall–Kier alpha value is -2.44. The van der Waals surface area contributed by atoms with Crippen LogP contribution in [0.3, 0.4) is 0 Å². The van der Waals surface area contributed by atoms with Crippen LogP contribution in [0.4, 0.5) is 5.00 Å². The molecule has 0 spiro atoms. The normalized spacial score (nSPS) is 10.4. The Kier molecular flexibility index (Phi) is 4.78. The van der Waals surface area contributed by atoms with Gasteiger partial charge >= 0.3 is 0 Å². The molecular weight excluding hydrogens is 388 g/mol. The summed E-state index contributed by atoms with van der Waals surface area (Å²) in [6.45, 7) is 0. The zero-order valence-electron chi connectivity index (χ0n) is 12.5. The van der Waals surface area contributed by atoms with Gasteiger partial charge in [-0.3, -0.25) is 9.59 Å². The van der Waals surface area contributed by atoms with Crippen LogP contribution in [0.5, 0.6) is 0 Å². The summed E-state index contributed by atoms with van der Waals surface area (Å²) in [6.07, 6.45) is 0. The van der Waals surface area contributed by atoms with Crippen LogP contribution in [0.1, 0.15) is 20.7 Å². The number of primary amides is 1. The fourth-order valence-electron chi connectivity index (χ4n) is 2.19. The lowest BCUT2D eigenvalue weighted by Gasteiger charge is -2.04. The molecule has 0 fully saturated rings. The van der Waals surface area contributed by atoms with E-state index in [1.807, 2.05) is 30.3 Å². The fraction of sp³-hybridized carbons (Fsp3) is 0. The lowest BCUT2D eigenvalue weighted by molar-refractivity contribution is 0.100. The number of rotatable bonds is 4. The zero-order valence-corrected chi connectivity index (χ0v) is 14.9. The highest BCUT2D eigenvalue weighted by Gasteiger charge is 2.17. The lowest BCUT2D eigenvalue weighted by Crippen LogP contribution is -2.16. The van der Waals surface area contributed by atoms with Crippen LogP contribution < -0.4 is 11.1 Å². The molecular formula is C18H13BrN2O2S. The van der Waals surface area contributed by atoms with Gasteiger partial charge in [0.1, 0.15) is 5.00 Å². The quantitative estimate of drug-likeness (QED) is 0.674. The molecule has 3 aromatic rings. The van der Waals surface area contributed by atoms with Gasteiger partial charge in [-0.05, 0) is 35.9 Å². The van der Waals surface area contributed by atoms with Gasteiger partial charge in [0.05, 0.1) is 5.56 Å². The van der Waals surface area contributed by atoms with Gasteiger partial charge in [0.15, 0.2) is 0 Å². The molecule has 0 unspecified atom stereocenters. The monoisotopic (exact) mass is 400 g/mol. The van der Waals surface area contributed by atoms with E-state index in [2.05, 4.69) is 21.2 Å². The standard InChI is InChI=1S/C18H13BrN2O2S/c19-13-8-6-12(7-9-13)17(23)21-18-14(16(20)22)10-15(24-18)11-4-2-1-3-5-11/h1-10H,(H2,20,22)(H,21,23). The smallest absolute Gasteiger partial charge is 0.256 e. The van der Waals surface area contributed by atoms with Gasteiger partial charge in [-0.1, -0.05) is 46.3 Å². The van der Waals surface area contributed by atoms with E-state index in [0.717, 1.165) is 14.9 Å². The molecule has 0 saturated heterocycles. The van der Waals surface area contributed by atoms with Crippen LogP contribution in [0.15, 0.2) is 65.1 Å². The molecule has 3 rings (SSSR count). The number of hydrogen-bond donors (Lipinski definition) is 2. The number of halogens is 1. The summed E-state index contributed by atoms with van der Waals surface area (Å²) in [5.74, 6) is -0.856. The number of thiophene rings is 1. The summed E-state index contributed by atoms with van der Waals surface area (Å²) in [6, 6.07) is 18.3. The lowest BCUT2D eigenvalue weighted by atomic mass is 10.1. The molecule has 1 heterocycles. The number of carbonyl (C=O) groups is 2. The van der Waals surface area contributed by atoms with Crippen molar-refractivity contribution in [2.75, 3.05) is 5.32 Å². The van der Waals surface area contributed by atoms with Crippen LogP contribution in [-0.2, 0) is 0 Å². The van der Waals surface area contributed by atoms with E-state index < -0.39 is 5.91 Å². The average molecular weight is 401 g/mol. The SMILES string of the molecule is NC(=O)c1cc(-c2ccccc2)sc1NC(=O)c1ccc(Br)cc1. The number of nitrogens with one attached hydrogen (secondary N) is 1. The third-order valence-electron chi connectivity index (χ3n) is 3.39. The first-order valence-corrected chi connectivity index (χ1v) is 8.71. The Morgan fingerprint density at radius 2 is 1.67 bits per heavy atom. The summed E-state index contributed by atoms with van der Waals surface area (Å²) in [5, 5.41) is 3.23. The minimum Gasteiger partial charge on any atom is -0.366 e. The first-order chi connectivity index (χ1) is 11.5. The first kappa shape index (κ1) is 16.4. The molecule has 2 amide bonds. The fourth-order valence-corrected chi connectivity index (χ4v) is 3.52. The van der Waals surface area contributed by atoms with E-state index in [-0.39, 0.29) is 5.91 Å². The molecule has 6 heteroatoms. The van der Waals surface area contributed by atoms with Crippen LogP contribution in [0.25, 0.3) is 10.4 Å². The largest absolute Gasteiger partial charge is 0.366 e. The van der Waals surface area contributed by atoms with E-state index in [0.29, 0.717) is 16.1 Å². The second-order valence-corrected chi connectivity index (χ2v) is 7.01. The van der Waals surface area contributed by atoms with Crippen molar-refractivity contribution < 1.29 is 9.59 Å². The Morgan fingerprint density at radius 1 is 1.00 bits per heavy atom. The molecule has 4 nitrogen and oxygen atoms in total.